The van der Waals surface area contributed by atoms with Gasteiger partial charge in [-0.05, 0) is 28.8 Å². The van der Waals surface area contributed by atoms with Crippen molar-refractivity contribution in [1.82, 2.24) is 25.2 Å². The number of aryl methyl sites for hydroxylation is 1. The summed E-state index contributed by atoms with van der Waals surface area (Å²) in [5.74, 6) is 0.801. The van der Waals surface area contributed by atoms with Crippen LogP contribution in [0.2, 0.25) is 0 Å². The van der Waals surface area contributed by atoms with E-state index in [1.54, 1.807) is 23.1 Å². The zero-order chi connectivity index (χ0) is 15.2. The van der Waals surface area contributed by atoms with Crippen molar-refractivity contribution < 1.29 is 0 Å². The summed E-state index contributed by atoms with van der Waals surface area (Å²) in [4.78, 5) is 4.63. The largest absolute Gasteiger partial charge is 0.245 e. The number of thioether (sulfide) groups is 1. The smallest absolute Gasteiger partial charge is 0.210 e. The van der Waals surface area contributed by atoms with E-state index in [0.29, 0.717) is 6.54 Å². The molecular weight excluding hydrogens is 314 g/mol. The van der Waals surface area contributed by atoms with Crippen LogP contribution in [-0.2, 0) is 18.7 Å². The number of hydrogen-bond acceptors (Lipinski definition) is 6. The molecule has 0 saturated carbocycles. The molecule has 114 valence electrons. The lowest BCUT2D eigenvalue weighted by Crippen LogP contribution is -2.03. The molecular formula is C15H17N5S2. The number of nitrogens with zero attached hydrogens (tertiary/aromatic N) is 5. The van der Waals surface area contributed by atoms with Crippen LogP contribution in [0.15, 0.2) is 40.9 Å². The Morgan fingerprint density at radius 3 is 2.91 bits per heavy atom. The summed E-state index contributed by atoms with van der Waals surface area (Å²) in [5.41, 5.74) is 2.29. The molecule has 3 rings (SSSR count). The van der Waals surface area contributed by atoms with E-state index >= 15 is 0 Å². The molecule has 0 atom stereocenters. The fourth-order valence-electron chi connectivity index (χ4n) is 2.04. The Morgan fingerprint density at radius 1 is 1.23 bits per heavy atom. The van der Waals surface area contributed by atoms with Crippen LogP contribution in [0.5, 0.6) is 0 Å². The molecule has 0 fully saturated rings. The van der Waals surface area contributed by atoms with Gasteiger partial charge in [0.15, 0.2) is 0 Å². The molecule has 0 bridgehead atoms. The van der Waals surface area contributed by atoms with E-state index in [-0.39, 0.29) is 0 Å². The van der Waals surface area contributed by atoms with Gasteiger partial charge in [0, 0.05) is 11.1 Å². The molecule has 7 heteroatoms. The quantitative estimate of drug-likeness (QED) is 0.621. The second-order valence-corrected chi connectivity index (χ2v) is 6.76. The maximum atomic E-state index is 4.63. The predicted molar refractivity (Wildman–Crippen MR) is 89.0 cm³/mol. The minimum absolute atomic E-state index is 0.689. The third kappa shape index (κ3) is 3.92. The molecule has 1 aromatic carbocycles. The van der Waals surface area contributed by atoms with Crippen molar-refractivity contribution in [3.05, 3.63) is 52.0 Å². The van der Waals surface area contributed by atoms with Gasteiger partial charge in [0.25, 0.3) is 0 Å². The molecule has 2 aromatic heterocycles. The molecule has 3 aromatic rings. The Labute approximate surface area is 137 Å². The molecule has 0 aliphatic rings. The third-order valence-electron chi connectivity index (χ3n) is 3.09. The third-order valence-corrected chi connectivity index (χ3v) is 5.03. The molecule has 0 aliphatic heterocycles. The van der Waals surface area contributed by atoms with E-state index in [2.05, 4.69) is 44.9 Å². The van der Waals surface area contributed by atoms with Gasteiger partial charge in [-0.2, -0.15) is 0 Å². The van der Waals surface area contributed by atoms with Gasteiger partial charge in [-0.25, -0.2) is 9.67 Å². The average molecular weight is 331 g/mol. The maximum absolute atomic E-state index is 4.63. The van der Waals surface area contributed by atoms with Crippen LogP contribution in [-0.4, -0.2) is 25.2 Å². The first kappa shape index (κ1) is 15.2. The zero-order valence-electron chi connectivity index (χ0n) is 12.3. The van der Waals surface area contributed by atoms with E-state index in [1.165, 1.54) is 10.6 Å². The lowest BCUT2D eigenvalue weighted by molar-refractivity contribution is 0.603. The van der Waals surface area contributed by atoms with E-state index in [1.807, 2.05) is 22.9 Å². The van der Waals surface area contributed by atoms with Crippen molar-refractivity contribution in [2.45, 2.75) is 37.2 Å². The molecule has 0 radical (unpaired) electrons. The summed E-state index contributed by atoms with van der Waals surface area (Å²) in [7, 11) is 0. The highest BCUT2D eigenvalue weighted by Gasteiger charge is 2.09. The van der Waals surface area contributed by atoms with Crippen molar-refractivity contribution >= 4 is 23.1 Å². The minimum atomic E-state index is 0.689. The Hall–Kier alpha value is -1.73. The van der Waals surface area contributed by atoms with E-state index in [4.69, 9.17) is 0 Å². The van der Waals surface area contributed by atoms with Crippen molar-refractivity contribution in [3.63, 3.8) is 0 Å². The van der Waals surface area contributed by atoms with Gasteiger partial charge < -0.3 is 0 Å². The standard InChI is InChI=1S/C15H17N5S2/c1-2-6-14-16-13(10-21-14)11-22-15-17-18-19-20(15)9-12-7-4-3-5-8-12/h3-5,7-8,10H,2,6,9,11H2,1H3. The van der Waals surface area contributed by atoms with Crippen molar-refractivity contribution in [1.29, 1.82) is 0 Å². The first-order chi connectivity index (χ1) is 10.8. The Kier molecular flexibility index (Phi) is 5.18. The van der Waals surface area contributed by atoms with E-state index in [0.717, 1.165) is 29.4 Å². The number of tetrazole rings is 1. The topological polar surface area (TPSA) is 56.5 Å². The van der Waals surface area contributed by atoms with Crippen molar-refractivity contribution in [2.75, 3.05) is 0 Å². The normalized spacial score (nSPS) is 11.0. The van der Waals surface area contributed by atoms with Gasteiger partial charge in [-0.3, -0.25) is 0 Å². The first-order valence-electron chi connectivity index (χ1n) is 7.21. The molecule has 0 unspecified atom stereocenters. The summed E-state index contributed by atoms with van der Waals surface area (Å²) in [5, 5.41) is 16.1. The predicted octanol–water partition coefficient (Wildman–Crippen LogP) is 3.42. The lowest BCUT2D eigenvalue weighted by atomic mass is 10.2. The van der Waals surface area contributed by atoms with Crippen LogP contribution in [0.4, 0.5) is 0 Å². The Bertz CT molecular complexity index is 708. The van der Waals surface area contributed by atoms with Gasteiger partial charge in [0.1, 0.15) is 0 Å². The van der Waals surface area contributed by atoms with Gasteiger partial charge in [-0.1, -0.05) is 49.0 Å². The molecule has 5 nitrogen and oxygen atoms in total. The maximum Gasteiger partial charge on any atom is 0.210 e. The van der Waals surface area contributed by atoms with Crippen molar-refractivity contribution in [3.8, 4) is 0 Å². The fourth-order valence-corrected chi connectivity index (χ4v) is 3.81. The molecule has 0 spiro atoms. The molecule has 2 heterocycles. The minimum Gasteiger partial charge on any atom is -0.245 e. The number of thiazole rings is 1. The van der Waals surface area contributed by atoms with Gasteiger partial charge in [-0.15, -0.1) is 16.4 Å². The average Bonchev–Trinajstić information content (AvgIpc) is 3.16. The highest BCUT2D eigenvalue weighted by atomic mass is 32.2. The second-order valence-electron chi connectivity index (χ2n) is 4.88. The van der Waals surface area contributed by atoms with Crippen LogP contribution in [0.3, 0.4) is 0 Å². The summed E-state index contributed by atoms with van der Waals surface area (Å²) in [6, 6.07) is 10.2. The zero-order valence-corrected chi connectivity index (χ0v) is 14.0. The Balaban J connectivity index is 1.62. The summed E-state index contributed by atoms with van der Waals surface area (Å²) < 4.78 is 1.83. The van der Waals surface area contributed by atoms with E-state index in [9.17, 15) is 0 Å². The number of benzene rings is 1. The molecule has 0 N–H and O–H groups in total. The van der Waals surface area contributed by atoms with Gasteiger partial charge >= 0.3 is 0 Å². The molecule has 0 amide bonds. The summed E-state index contributed by atoms with van der Waals surface area (Å²) in [6.07, 6.45) is 2.19. The van der Waals surface area contributed by atoms with Gasteiger partial charge in [0.05, 0.1) is 17.2 Å². The number of aromatic nitrogens is 5. The highest BCUT2D eigenvalue weighted by Crippen LogP contribution is 2.22. The SMILES string of the molecule is CCCc1nc(CSc2nnnn2Cc2ccccc2)cs1. The summed E-state index contributed by atoms with van der Waals surface area (Å²) >= 11 is 3.36. The summed E-state index contributed by atoms with van der Waals surface area (Å²) in [6.45, 7) is 2.86. The van der Waals surface area contributed by atoms with Crippen LogP contribution in [0.25, 0.3) is 0 Å². The first-order valence-corrected chi connectivity index (χ1v) is 9.08. The highest BCUT2D eigenvalue weighted by molar-refractivity contribution is 7.98. The second kappa shape index (κ2) is 7.51. The Morgan fingerprint density at radius 2 is 2.09 bits per heavy atom. The molecule has 0 aliphatic carbocycles. The van der Waals surface area contributed by atoms with E-state index < -0.39 is 0 Å². The molecule has 22 heavy (non-hydrogen) atoms. The van der Waals surface area contributed by atoms with Gasteiger partial charge in [0.2, 0.25) is 5.16 Å². The van der Waals surface area contributed by atoms with Crippen molar-refractivity contribution in [2.24, 2.45) is 0 Å². The van der Waals surface area contributed by atoms with Crippen LogP contribution in [0, 0.1) is 0 Å². The van der Waals surface area contributed by atoms with Crippen LogP contribution in [0.1, 0.15) is 29.6 Å². The van der Waals surface area contributed by atoms with Crippen LogP contribution >= 0.6 is 23.1 Å². The van der Waals surface area contributed by atoms with Crippen LogP contribution < -0.4 is 0 Å². The fraction of sp³-hybridized carbons (Fsp3) is 0.333. The molecule has 0 saturated heterocycles. The lowest BCUT2D eigenvalue weighted by Gasteiger charge is -2.03. The number of rotatable bonds is 7. The monoisotopic (exact) mass is 331 g/mol. The number of hydrogen-bond donors (Lipinski definition) is 0.